The molecule has 0 aliphatic heterocycles. The van der Waals surface area contributed by atoms with Crippen molar-refractivity contribution in [2.45, 2.75) is 50.9 Å². The molecule has 0 N–H and O–H groups in total. The molecule has 1 aliphatic rings. The molecule has 2 rings (SSSR count). The largest absolute Gasteiger partial charge is 0.342 e. The second-order valence-electron chi connectivity index (χ2n) is 5.46. The van der Waals surface area contributed by atoms with Gasteiger partial charge in [-0.05, 0) is 31.6 Å². The van der Waals surface area contributed by atoms with Crippen molar-refractivity contribution in [3.8, 4) is 0 Å². The Kier molecular flexibility index (Phi) is 5.22. The van der Waals surface area contributed by atoms with E-state index in [-0.39, 0.29) is 5.91 Å². The average Bonchev–Trinajstić information content (AvgIpc) is 2.86. The van der Waals surface area contributed by atoms with Crippen molar-refractivity contribution in [1.82, 2.24) is 9.88 Å². The van der Waals surface area contributed by atoms with E-state index in [1.54, 1.807) is 0 Å². The van der Waals surface area contributed by atoms with Gasteiger partial charge in [0.2, 0.25) is 5.91 Å². The number of carbonyl (C=O) groups is 1. The van der Waals surface area contributed by atoms with Crippen LogP contribution in [0.5, 0.6) is 0 Å². The number of hydrogen-bond acceptors (Lipinski definition) is 3. The van der Waals surface area contributed by atoms with Gasteiger partial charge in [0.1, 0.15) is 5.01 Å². The quantitative estimate of drug-likeness (QED) is 0.798. The lowest BCUT2D eigenvalue weighted by molar-refractivity contribution is -0.132. The lowest BCUT2D eigenvalue weighted by Crippen LogP contribution is -2.40. The Morgan fingerprint density at radius 2 is 2.16 bits per heavy atom. The van der Waals surface area contributed by atoms with E-state index in [2.05, 4.69) is 11.9 Å². The number of alkyl halides is 1. The van der Waals surface area contributed by atoms with Crippen molar-refractivity contribution in [3.63, 3.8) is 0 Å². The highest BCUT2D eigenvalue weighted by atomic mass is 35.5. The first-order valence-electron chi connectivity index (χ1n) is 6.85. The number of thiazole rings is 1. The molecule has 0 radical (unpaired) electrons. The van der Waals surface area contributed by atoms with E-state index in [9.17, 15) is 4.79 Å². The smallest absolute Gasteiger partial charge is 0.229 e. The molecule has 0 unspecified atom stereocenters. The topological polar surface area (TPSA) is 33.2 Å². The monoisotopic (exact) mass is 300 g/mol. The molecule has 1 saturated carbocycles. The van der Waals surface area contributed by atoms with Gasteiger partial charge in [-0.3, -0.25) is 4.79 Å². The summed E-state index contributed by atoms with van der Waals surface area (Å²) in [6.07, 6.45) is 5.14. The van der Waals surface area contributed by atoms with Crippen LogP contribution < -0.4 is 0 Å². The van der Waals surface area contributed by atoms with Gasteiger partial charge in [-0.15, -0.1) is 22.9 Å². The number of rotatable bonds is 4. The van der Waals surface area contributed by atoms with Gasteiger partial charge in [-0.1, -0.05) is 6.92 Å². The van der Waals surface area contributed by atoms with E-state index < -0.39 is 0 Å². The third kappa shape index (κ3) is 3.93. The molecule has 0 spiro atoms. The molecule has 3 nitrogen and oxygen atoms in total. The standard InChI is InChI=1S/C14H21ClN2OS/c1-10-3-5-12(6-4-10)17(2)14(18)7-13-16-11(8-15)9-19-13/h9-10,12H,3-8H2,1-2H3. The first kappa shape index (κ1) is 14.8. The van der Waals surface area contributed by atoms with Crippen molar-refractivity contribution in [3.05, 3.63) is 16.1 Å². The summed E-state index contributed by atoms with van der Waals surface area (Å²) >= 11 is 7.25. The molecule has 1 heterocycles. The zero-order chi connectivity index (χ0) is 13.8. The van der Waals surface area contributed by atoms with Crippen LogP contribution >= 0.6 is 22.9 Å². The zero-order valence-corrected chi connectivity index (χ0v) is 13.1. The van der Waals surface area contributed by atoms with Gasteiger partial charge >= 0.3 is 0 Å². The maximum absolute atomic E-state index is 12.3. The number of hydrogen-bond donors (Lipinski definition) is 0. The molecule has 19 heavy (non-hydrogen) atoms. The van der Waals surface area contributed by atoms with Crippen molar-refractivity contribution >= 4 is 28.8 Å². The second kappa shape index (κ2) is 6.71. The fourth-order valence-electron chi connectivity index (χ4n) is 2.58. The maximum atomic E-state index is 12.3. The summed E-state index contributed by atoms with van der Waals surface area (Å²) in [6.45, 7) is 2.29. The van der Waals surface area contributed by atoms with Gasteiger partial charge in [-0.25, -0.2) is 4.98 Å². The molecule has 5 heteroatoms. The van der Waals surface area contributed by atoms with Crippen LogP contribution in [-0.2, 0) is 17.1 Å². The second-order valence-corrected chi connectivity index (χ2v) is 6.67. The molecule has 1 aromatic heterocycles. The summed E-state index contributed by atoms with van der Waals surface area (Å²) in [7, 11) is 1.93. The Hall–Kier alpha value is -0.610. The minimum absolute atomic E-state index is 0.176. The third-order valence-corrected chi connectivity index (χ3v) is 5.14. The van der Waals surface area contributed by atoms with E-state index >= 15 is 0 Å². The minimum atomic E-state index is 0.176. The Morgan fingerprint density at radius 3 is 2.74 bits per heavy atom. The molecular weight excluding hydrogens is 280 g/mol. The van der Waals surface area contributed by atoms with Gasteiger partial charge in [0.05, 0.1) is 18.0 Å². The highest BCUT2D eigenvalue weighted by Crippen LogP contribution is 2.27. The molecular formula is C14H21ClN2OS. The fourth-order valence-corrected chi connectivity index (χ4v) is 3.59. The van der Waals surface area contributed by atoms with Crippen LogP contribution in [0.2, 0.25) is 0 Å². The first-order chi connectivity index (χ1) is 9.10. The van der Waals surface area contributed by atoms with E-state index in [1.165, 1.54) is 24.2 Å². The van der Waals surface area contributed by atoms with Crippen molar-refractivity contribution in [2.24, 2.45) is 5.92 Å². The highest BCUT2D eigenvalue weighted by molar-refractivity contribution is 7.09. The summed E-state index contributed by atoms with van der Waals surface area (Å²) in [5.74, 6) is 1.40. The summed E-state index contributed by atoms with van der Waals surface area (Å²) in [5, 5.41) is 2.80. The summed E-state index contributed by atoms with van der Waals surface area (Å²) in [6, 6.07) is 0.413. The molecule has 1 amide bonds. The number of likely N-dealkylation sites (N-methyl/N-ethyl adjacent to an activating group) is 1. The van der Waals surface area contributed by atoms with Crippen molar-refractivity contribution in [2.75, 3.05) is 7.05 Å². The predicted octanol–water partition coefficient (Wildman–Crippen LogP) is 3.46. The van der Waals surface area contributed by atoms with Crippen LogP contribution in [0.1, 0.15) is 43.3 Å². The zero-order valence-electron chi connectivity index (χ0n) is 11.6. The molecule has 1 fully saturated rings. The molecule has 1 aromatic rings. The normalized spacial score (nSPS) is 23.3. The fraction of sp³-hybridized carbons (Fsp3) is 0.714. The van der Waals surface area contributed by atoms with Crippen LogP contribution in [-0.4, -0.2) is 28.9 Å². The van der Waals surface area contributed by atoms with Crippen molar-refractivity contribution in [1.29, 1.82) is 0 Å². The number of halogens is 1. The van der Waals surface area contributed by atoms with Gasteiger partial charge in [0.15, 0.2) is 0 Å². The average molecular weight is 301 g/mol. The maximum Gasteiger partial charge on any atom is 0.229 e. The molecule has 0 aromatic carbocycles. The Balaban J connectivity index is 1.88. The molecule has 0 bridgehead atoms. The van der Waals surface area contributed by atoms with E-state index in [4.69, 9.17) is 11.6 Å². The first-order valence-corrected chi connectivity index (χ1v) is 8.26. The molecule has 0 atom stereocenters. The number of carbonyl (C=O) groups excluding carboxylic acids is 1. The summed E-state index contributed by atoms with van der Waals surface area (Å²) in [4.78, 5) is 18.5. The highest BCUT2D eigenvalue weighted by Gasteiger charge is 2.25. The van der Waals surface area contributed by atoms with Crippen LogP contribution in [0.4, 0.5) is 0 Å². The van der Waals surface area contributed by atoms with E-state index in [0.29, 0.717) is 18.3 Å². The summed E-state index contributed by atoms with van der Waals surface area (Å²) in [5.41, 5.74) is 0.864. The minimum Gasteiger partial charge on any atom is -0.342 e. The number of aromatic nitrogens is 1. The van der Waals surface area contributed by atoms with E-state index in [0.717, 1.165) is 29.5 Å². The van der Waals surface area contributed by atoms with Crippen molar-refractivity contribution < 1.29 is 4.79 Å². The predicted molar refractivity (Wildman–Crippen MR) is 79.6 cm³/mol. The van der Waals surface area contributed by atoms with Gasteiger partial charge < -0.3 is 4.90 Å². The molecule has 0 saturated heterocycles. The molecule has 1 aliphatic carbocycles. The molecule has 106 valence electrons. The Morgan fingerprint density at radius 1 is 1.47 bits per heavy atom. The third-order valence-electron chi connectivity index (χ3n) is 3.97. The number of nitrogens with zero attached hydrogens (tertiary/aromatic N) is 2. The Bertz CT molecular complexity index is 427. The van der Waals surface area contributed by atoms with Gasteiger partial charge in [-0.2, -0.15) is 0 Å². The van der Waals surface area contributed by atoms with Crippen LogP contribution in [0.15, 0.2) is 5.38 Å². The summed E-state index contributed by atoms with van der Waals surface area (Å²) < 4.78 is 0. The lowest BCUT2D eigenvalue weighted by Gasteiger charge is -2.33. The Labute approximate surface area is 124 Å². The van der Waals surface area contributed by atoms with Gasteiger partial charge in [0, 0.05) is 18.5 Å². The van der Waals surface area contributed by atoms with Crippen LogP contribution in [0, 0.1) is 5.92 Å². The van der Waals surface area contributed by atoms with E-state index in [1.807, 2.05) is 17.3 Å². The number of amides is 1. The lowest BCUT2D eigenvalue weighted by atomic mass is 9.86. The van der Waals surface area contributed by atoms with Crippen LogP contribution in [0.25, 0.3) is 0 Å². The van der Waals surface area contributed by atoms with Gasteiger partial charge in [0.25, 0.3) is 0 Å². The SMILES string of the molecule is CC1CCC(N(C)C(=O)Cc2nc(CCl)cs2)CC1. The van der Waals surface area contributed by atoms with Crippen LogP contribution in [0.3, 0.4) is 0 Å².